The first-order valence-corrected chi connectivity index (χ1v) is 4.63. The lowest BCUT2D eigenvalue weighted by Gasteiger charge is -2.05. The standard InChI is InChI=1S/C8H12F3N3O3/c9-8(10,11)6(16)17-5(15)3-1-2-4-14-7(12)13/h1-4H2,(H4,12,13,14). The van der Waals surface area contributed by atoms with Crippen LogP contribution in [0.2, 0.25) is 0 Å². The van der Waals surface area contributed by atoms with Gasteiger partial charge in [-0.2, -0.15) is 13.2 Å². The molecule has 0 radical (unpaired) electrons. The molecule has 17 heavy (non-hydrogen) atoms. The van der Waals surface area contributed by atoms with E-state index in [1.807, 2.05) is 0 Å². The smallest absolute Gasteiger partial charge is 0.386 e. The molecule has 9 heteroatoms. The number of hydrogen-bond donors (Lipinski definition) is 3. The second-order valence-corrected chi connectivity index (χ2v) is 3.06. The molecular formula is C8H12F3N3O3. The Hall–Kier alpha value is -1.80. The second kappa shape index (κ2) is 6.71. The summed E-state index contributed by atoms with van der Waals surface area (Å²) in [5.74, 6) is -3.97. The number of nitrogens with one attached hydrogen (secondary N) is 2. The molecule has 0 aliphatic rings. The van der Waals surface area contributed by atoms with Crippen LogP contribution in [0.3, 0.4) is 0 Å². The van der Waals surface area contributed by atoms with Crippen molar-refractivity contribution in [1.29, 1.82) is 5.41 Å². The Balaban J connectivity index is 3.67. The zero-order valence-electron chi connectivity index (χ0n) is 8.76. The summed E-state index contributed by atoms with van der Waals surface area (Å²) >= 11 is 0. The highest BCUT2D eigenvalue weighted by molar-refractivity contribution is 5.88. The maximum absolute atomic E-state index is 11.7. The molecule has 0 saturated heterocycles. The molecular weight excluding hydrogens is 243 g/mol. The largest absolute Gasteiger partial charge is 0.491 e. The zero-order valence-corrected chi connectivity index (χ0v) is 8.76. The summed E-state index contributed by atoms with van der Waals surface area (Å²) in [6.45, 7) is 0.315. The van der Waals surface area contributed by atoms with E-state index in [0.717, 1.165) is 0 Å². The van der Waals surface area contributed by atoms with Gasteiger partial charge in [0.2, 0.25) is 0 Å². The van der Waals surface area contributed by atoms with Crippen molar-refractivity contribution in [2.24, 2.45) is 5.73 Å². The Morgan fingerprint density at radius 2 is 1.88 bits per heavy atom. The number of esters is 2. The number of guanidine groups is 1. The van der Waals surface area contributed by atoms with Crippen molar-refractivity contribution in [2.45, 2.75) is 25.4 Å². The van der Waals surface area contributed by atoms with E-state index < -0.39 is 18.1 Å². The second-order valence-electron chi connectivity index (χ2n) is 3.06. The maximum atomic E-state index is 11.7. The van der Waals surface area contributed by atoms with Crippen molar-refractivity contribution in [2.75, 3.05) is 6.54 Å². The lowest BCUT2D eigenvalue weighted by Crippen LogP contribution is -2.31. The minimum atomic E-state index is -5.16. The first-order chi connectivity index (χ1) is 7.73. The van der Waals surface area contributed by atoms with Crippen LogP contribution in [-0.2, 0) is 14.3 Å². The Labute approximate surface area is 94.8 Å². The Kier molecular flexibility index (Phi) is 6.00. The fourth-order valence-corrected chi connectivity index (χ4v) is 0.830. The average molecular weight is 255 g/mol. The van der Waals surface area contributed by atoms with Crippen LogP contribution in [-0.4, -0.2) is 30.6 Å². The molecule has 4 N–H and O–H groups in total. The third-order valence-corrected chi connectivity index (χ3v) is 1.56. The van der Waals surface area contributed by atoms with E-state index in [4.69, 9.17) is 11.1 Å². The predicted octanol–water partition coefficient (Wildman–Crippen LogP) is 0.272. The molecule has 6 nitrogen and oxygen atoms in total. The van der Waals surface area contributed by atoms with E-state index in [1.54, 1.807) is 0 Å². The number of carbonyl (C=O) groups excluding carboxylic acids is 2. The molecule has 0 unspecified atom stereocenters. The molecule has 0 fully saturated rings. The third kappa shape index (κ3) is 8.05. The van der Waals surface area contributed by atoms with Gasteiger partial charge in [-0.3, -0.25) is 10.2 Å². The van der Waals surface area contributed by atoms with Gasteiger partial charge in [-0.05, 0) is 12.8 Å². The van der Waals surface area contributed by atoms with Gasteiger partial charge in [-0.15, -0.1) is 0 Å². The molecule has 98 valence electrons. The van der Waals surface area contributed by atoms with Gasteiger partial charge in [-0.25, -0.2) is 4.79 Å². The number of rotatable bonds is 5. The van der Waals surface area contributed by atoms with Gasteiger partial charge in [0, 0.05) is 13.0 Å². The summed E-state index contributed by atoms with van der Waals surface area (Å²) in [7, 11) is 0. The van der Waals surface area contributed by atoms with Crippen LogP contribution in [0.15, 0.2) is 0 Å². The molecule has 0 saturated carbocycles. The molecule has 0 atom stereocenters. The molecule has 0 bridgehead atoms. The van der Waals surface area contributed by atoms with E-state index in [2.05, 4.69) is 10.1 Å². The van der Waals surface area contributed by atoms with Gasteiger partial charge in [0.05, 0.1) is 0 Å². The normalized spacial score (nSPS) is 10.8. The van der Waals surface area contributed by atoms with E-state index in [-0.39, 0.29) is 18.8 Å². The highest BCUT2D eigenvalue weighted by Gasteiger charge is 2.42. The molecule has 0 rings (SSSR count). The van der Waals surface area contributed by atoms with Crippen molar-refractivity contribution >= 4 is 17.9 Å². The topological polar surface area (TPSA) is 105 Å². The van der Waals surface area contributed by atoms with Gasteiger partial charge in [0.25, 0.3) is 0 Å². The Morgan fingerprint density at radius 3 is 2.35 bits per heavy atom. The van der Waals surface area contributed by atoms with Gasteiger partial charge < -0.3 is 15.8 Å². The highest BCUT2D eigenvalue weighted by atomic mass is 19.4. The maximum Gasteiger partial charge on any atom is 0.491 e. The molecule has 0 aromatic carbocycles. The van der Waals surface area contributed by atoms with Crippen molar-refractivity contribution in [3.05, 3.63) is 0 Å². The quantitative estimate of drug-likeness (QED) is 0.215. The van der Waals surface area contributed by atoms with E-state index in [1.165, 1.54) is 0 Å². The van der Waals surface area contributed by atoms with Crippen LogP contribution >= 0.6 is 0 Å². The van der Waals surface area contributed by atoms with Crippen LogP contribution in [0.1, 0.15) is 19.3 Å². The predicted molar refractivity (Wildman–Crippen MR) is 50.9 cm³/mol. The molecule has 0 aliphatic carbocycles. The Morgan fingerprint density at radius 1 is 1.29 bits per heavy atom. The van der Waals surface area contributed by atoms with E-state index in [0.29, 0.717) is 13.0 Å². The SMILES string of the molecule is N=C(N)NCCCCC(=O)OC(=O)C(F)(F)F. The van der Waals surface area contributed by atoms with Crippen LogP contribution < -0.4 is 11.1 Å². The van der Waals surface area contributed by atoms with Crippen LogP contribution in [0.25, 0.3) is 0 Å². The summed E-state index contributed by atoms with van der Waals surface area (Å²) in [5, 5.41) is 9.23. The van der Waals surface area contributed by atoms with Crippen LogP contribution in [0, 0.1) is 5.41 Å². The van der Waals surface area contributed by atoms with Gasteiger partial charge in [0.1, 0.15) is 0 Å². The van der Waals surface area contributed by atoms with Gasteiger partial charge >= 0.3 is 18.1 Å². The lowest BCUT2D eigenvalue weighted by molar-refractivity contribution is -0.201. The van der Waals surface area contributed by atoms with Crippen LogP contribution in [0.4, 0.5) is 13.2 Å². The molecule has 0 heterocycles. The monoisotopic (exact) mass is 255 g/mol. The summed E-state index contributed by atoms with van der Waals surface area (Å²) in [5.41, 5.74) is 4.96. The van der Waals surface area contributed by atoms with Crippen LogP contribution in [0.5, 0.6) is 0 Å². The van der Waals surface area contributed by atoms with Gasteiger partial charge in [0.15, 0.2) is 5.96 Å². The molecule has 0 spiro atoms. The third-order valence-electron chi connectivity index (χ3n) is 1.56. The summed E-state index contributed by atoms with van der Waals surface area (Å²) in [6.07, 6.45) is -4.83. The number of alkyl halides is 3. The average Bonchev–Trinajstić information content (AvgIpc) is 2.15. The number of hydrogen-bond acceptors (Lipinski definition) is 4. The first-order valence-electron chi connectivity index (χ1n) is 4.63. The number of ether oxygens (including phenoxy) is 1. The molecule has 0 aliphatic heterocycles. The molecule has 0 aromatic heterocycles. The minimum Gasteiger partial charge on any atom is -0.386 e. The fourth-order valence-electron chi connectivity index (χ4n) is 0.830. The van der Waals surface area contributed by atoms with Crippen molar-refractivity contribution in [1.82, 2.24) is 5.32 Å². The summed E-state index contributed by atoms with van der Waals surface area (Å²) in [6, 6.07) is 0. The highest BCUT2D eigenvalue weighted by Crippen LogP contribution is 2.16. The summed E-state index contributed by atoms with van der Waals surface area (Å²) in [4.78, 5) is 21.0. The van der Waals surface area contributed by atoms with Gasteiger partial charge in [-0.1, -0.05) is 0 Å². The van der Waals surface area contributed by atoms with E-state index >= 15 is 0 Å². The van der Waals surface area contributed by atoms with Crippen molar-refractivity contribution in [3.63, 3.8) is 0 Å². The number of halogens is 3. The summed E-state index contributed by atoms with van der Waals surface area (Å²) < 4.78 is 38.6. The van der Waals surface area contributed by atoms with E-state index in [9.17, 15) is 22.8 Å². The number of unbranched alkanes of at least 4 members (excludes halogenated alkanes) is 1. The Bertz CT molecular complexity index is 304. The number of carbonyl (C=O) groups is 2. The minimum absolute atomic E-state index is 0.226. The van der Waals surface area contributed by atoms with Crippen molar-refractivity contribution in [3.8, 4) is 0 Å². The first kappa shape index (κ1) is 15.2. The molecule has 0 amide bonds. The zero-order chi connectivity index (χ0) is 13.5. The number of nitrogens with two attached hydrogens (primary N) is 1. The fraction of sp³-hybridized carbons (Fsp3) is 0.625. The lowest BCUT2D eigenvalue weighted by atomic mass is 10.2. The van der Waals surface area contributed by atoms with Crippen molar-refractivity contribution < 1.29 is 27.5 Å². The molecule has 0 aromatic rings.